The van der Waals surface area contributed by atoms with Crippen LogP contribution in [0.25, 0.3) is 11.1 Å². The molecule has 7 heteroatoms. The molecule has 1 aliphatic carbocycles. The highest BCUT2D eigenvalue weighted by Gasteiger charge is 2.36. The van der Waals surface area contributed by atoms with Crippen molar-refractivity contribution in [2.45, 2.75) is 38.8 Å². The first-order valence-corrected chi connectivity index (χ1v) is 10.3. The average molecular weight is 425 g/mol. The van der Waals surface area contributed by atoms with E-state index in [9.17, 15) is 9.59 Å². The highest BCUT2D eigenvalue weighted by Crippen LogP contribution is 2.45. The summed E-state index contributed by atoms with van der Waals surface area (Å²) in [4.78, 5) is 24.0. The molecular weight excluding hydrogens is 398 g/mol. The summed E-state index contributed by atoms with van der Waals surface area (Å²) in [5.74, 6) is 1.26. The van der Waals surface area contributed by atoms with E-state index in [0.29, 0.717) is 29.4 Å². The van der Waals surface area contributed by atoms with E-state index in [1.165, 1.54) is 0 Å². The van der Waals surface area contributed by atoms with Crippen molar-refractivity contribution in [3.05, 3.63) is 41.5 Å². The number of carbonyl (C=O) groups excluding carboxylic acids is 2. The Hall–Kier alpha value is -3.22. The third-order valence-electron chi connectivity index (χ3n) is 5.45. The highest BCUT2D eigenvalue weighted by atomic mass is 16.6. The van der Waals surface area contributed by atoms with Crippen LogP contribution < -0.4 is 19.5 Å². The number of rotatable bonds is 8. The molecule has 164 valence electrons. The lowest BCUT2D eigenvalue weighted by atomic mass is 9.99. The van der Waals surface area contributed by atoms with E-state index in [0.717, 1.165) is 29.5 Å². The molecule has 2 aliphatic rings. The summed E-state index contributed by atoms with van der Waals surface area (Å²) in [7, 11) is 3.12. The van der Waals surface area contributed by atoms with Gasteiger partial charge < -0.3 is 24.3 Å². The molecule has 1 fully saturated rings. The van der Waals surface area contributed by atoms with E-state index >= 15 is 0 Å². The van der Waals surface area contributed by atoms with Crippen LogP contribution in [-0.4, -0.2) is 38.3 Å². The third-order valence-corrected chi connectivity index (χ3v) is 5.45. The van der Waals surface area contributed by atoms with Gasteiger partial charge in [-0.15, -0.1) is 0 Å². The van der Waals surface area contributed by atoms with Crippen LogP contribution in [0.3, 0.4) is 0 Å². The first-order chi connectivity index (χ1) is 14.8. The van der Waals surface area contributed by atoms with Gasteiger partial charge in [0.25, 0.3) is 5.91 Å². The summed E-state index contributed by atoms with van der Waals surface area (Å²) < 4.78 is 22.9. The molecule has 0 aromatic heterocycles. The van der Waals surface area contributed by atoms with E-state index in [4.69, 9.17) is 18.9 Å². The minimum absolute atomic E-state index is 0.0175. The Balaban J connectivity index is 1.66. The lowest BCUT2D eigenvalue weighted by Crippen LogP contribution is -2.35. The zero-order valence-corrected chi connectivity index (χ0v) is 18.2. The molecule has 0 spiro atoms. The molecule has 2 aromatic carbocycles. The second-order valence-electron chi connectivity index (χ2n) is 8.48. The summed E-state index contributed by atoms with van der Waals surface area (Å²) in [6.45, 7) is 4.29. The molecule has 0 radical (unpaired) electrons. The maximum Gasteiger partial charge on any atom is 0.309 e. The molecule has 1 amide bonds. The Labute approximate surface area is 181 Å². The monoisotopic (exact) mass is 425 g/mol. The fourth-order valence-electron chi connectivity index (χ4n) is 3.62. The van der Waals surface area contributed by atoms with Gasteiger partial charge >= 0.3 is 5.97 Å². The molecule has 1 saturated carbocycles. The van der Waals surface area contributed by atoms with Crippen LogP contribution >= 0.6 is 0 Å². The van der Waals surface area contributed by atoms with Crippen molar-refractivity contribution in [3.8, 4) is 28.4 Å². The molecule has 1 heterocycles. The van der Waals surface area contributed by atoms with Crippen LogP contribution in [0.1, 0.15) is 42.6 Å². The number of benzene rings is 2. The number of hydrogen-bond acceptors (Lipinski definition) is 6. The Kier molecular flexibility index (Phi) is 5.52. The Morgan fingerprint density at radius 1 is 1.06 bits per heavy atom. The molecule has 1 aliphatic heterocycles. The number of nitrogens with one attached hydrogen (secondary N) is 1. The van der Waals surface area contributed by atoms with Crippen LogP contribution in [0, 0.1) is 5.92 Å². The number of amides is 1. The van der Waals surface area contributed by atoms with E-state index in [-0.39, 0.29) is 24.4 Å². The maximum absolute atomic E-state index is 12.1. The molecule has 2 aromatic rings. The second-order valence-corrected chi connectivity index (χ2v) is 8.48. The van der Waals surface area contributed by atoms with Gasteiger partial charge in [-0.25, -0.2) is 0 Å². The standard InChI is InChI=1S/C24H27NO6/c1-24(2,31-23(27)14-5-6-14)13-30-20-17(9-10-19(28-3)21(20)29-4)15-7-8-18-16(11-15)12-25-22(18)26/h7-11,14H,5-6,12-13H2,1-4H3,(H,25,26). The first kappa shape index (κ1) is 21.0. The fourth-order valence-corrected chi connectivity index (χ4v) is 3.62. The quantitative estimate of drug-likeness (QED) is 0.649. The summed E-state index contributed by atoms with van der Waals surface area (Å²) in [6.07, 6.45) is 1.78. The van der Waals surface area contributed by atoms with Crippen LogP contribution in [0.4, 0.5) is 0 Å². The predicted molar refractivity (Wildman–Crippen MR) is 115 cm³/mol. The molecule has 1 N–H and O–H groups in total. The van der Waals surface area contributed by atoms with Gasteiger partial charge in [-0.05, 0) is 62.1 Å². The summed E-state index contributed by atoms with van der Waals surface area (Å²) in [5, 5.41) is 2.83. The van der Waals surface area contributed by atoms with Gasteiger partial charge in [-0.1, -0.05) is 6.07 Å². The minimum Gasteiger partial charge on any atom is -0.493 e. The van der Waals surface area contributed by atoms with Crippen molar-refractivity contribution < 1.29 is 28.5 Å². The third kappa shape index (κ3) is 4.31. The molecule has 31 heavy (non-hydrogen) atoms. The van der Waals surface area contributed by atoms with Crippen molar-refractivity contribution in [2.24, 2.45) is 5.92 Å². The van der Waals surface area contributed by atoms with Crippen molar-refractivity contribution in [1.29, 1.82) is 0 Å². The Bertz CT molecular complexity index is 1020. The van der Waals surface area contributed by atoms with Crippen LogP contribution in [0.2, 0.25) is 0 Å². The number of esters is 1. The van der Waals surface area contributed by atoms with E-state index in [1.54, 1.807) is 14.2 Å². The topological polar surface area (TPSA) is 83.1 Å². The molecule has 0 unspecified atom stereocenters. The number of ether oxygens (including phenoxy) is 4. The molecule has 7 nitrogen and oxygen atoms in total. The average Bonchev–Trinajstić information content (AvgIpc) is 3.54. The molecule has 0 bridgehead atoms. The SMILES string of the molecule is COc1ccc(-c2ccc3c(c2)CNC3=O)c(OCC(C)(C)OC(=O)C2CC2)c1OC. The van der Waals surface area contributed by atoms with Crippen LogP contribution in [0.15, 0.2) is 30.3 Å². The fraction of sp³-hybridized carbons (Fsp3) is 0.417. The Morgan fingerprint density at radius 3 is 2.48 bits per heavy atom. The Morgan fingerprint density at radius 2 is 1.81 bits per heavy atom. The molecule has 0 atom stereocenters. The van der Waals surface area contributed by atoms with Gasteiger partial charge in [0.2, 0.25) is 5.75 Å². The van der Waals surface area contributed by atoms with Crippen LogP contribution in [-0.2, 0) is 16.1 Å². The number of carbonyl (C=O) groups is 2. The minimum atomic E-state index is -0.806. The number of hydrogen-bond donors (Lipinski definition) is 1. The predicted octanol–water partition coefficient (Wildman–Crippen LogP) is 3.72. The summed E-state index contributed by atoms with van der Waals surface area (Å²) >= 11 is 0. The smallest absolute Gasteiger partial charge is 0.309 e. The highest BCUT2D eigenvalue weighted by molar-refractivity contribution is 5.99. The number of methoxy groups -OCH3 is 2. The molecule has 4 rings (SSSR count). The van der Waals surface area contributed by atoms with Crippen molar-refractivity contribution in [1.82, 2.24) is 5.32 Å². The largest absolute Gasteiger partial charge is 0.493 e. The second kappa shape index (κ2) is 8.13. The van der Waals surface area contributed by atoms with Crippen molar-refractivity contribution in [2.75, 3.05) is 20.8 Å². The van der Waals surface area contributed by atoms with E-state index in [1.807, 2.05) is 44.2 Å². The van der Waals surface area contributed by atoms with Crippen LogP contribution in [0.5, 0.6) is 17.2 Å². The summed E-state index contributed by atoms with van der Waals surface area (Å²) in [5.41, 5.74) is 2.49. The first-order valence-electron chi connectivity index (χ1n) is 10.3. The van der Waals surface area contributed by atoms with Crippen molar-refractivity contribution >= 4 is 11.9 Å². The van der Waals surface area contributed by atoms with Gasteiger partial charge in [-0.3, -0.25) is 9.59 Å². The van der Waals surface area contributed by atoms with Gasteiger partial charge in [0.1, 0.15) is 12.2 Å². The number of fused-ring (bicyclic) bond motifs is 1. The van der Waals surface area contributed by atoms with Gasteiger partial charge in [0.05, 0.1) is 20.1 Å². The zero-order chi connectivity index (χ0) is 22.2. The maximum atomic E-state index is 12.1. The molecular formula is C24H27NO6. The van der Waals surface area contributed by atoms with E-state index in [2.05, 4.69) is 5.32 Å². The lowest BCUT2D eigenvalue weighted by molar-refractivity contribution is -0.160. The lowest BCUT2D eigenvalue weighted by Gasteiger charge is -2.27. The van der Waals surface area contributed by atoms with E-state index < -0.39 is 5.60 Å². The van der Waals surface area contributed by atoms with Crippen molar-refractivity contribution in [3.63, 3.8) is 0 Å². The normalized spacial score (nSPS) is 15.2. The van der Waals surface area contributed by atoms with Gasteiger partial charge in [0, 0.05) is 17.7 Å². The van der Waals surface area contributed by atoms with Gasteiger partial charge in [-0.2, -0.15) is 0 Å². The zero-order valence-electron chi connectivity index (χ0n) is 18.2. The summed E-state index contributed by atoms with van der Waals surface area (Å²) in [6, 6.07) is 9.38. The molecule has 0 saturated heterocycles. The van der Waals surface area contributed by atoms with Gasteiger partial charge in [0.15, 0.2) is 11.5 Å².